The van der Waals surface area contributed by atoms with Crippen molar-refractivity contribution in [3.05, 3.63) is 17.5 Å². The number of aliphatic hydroxyl groups is 1. The summed E-state index contributed by atoms with van der Waals surface area (Å²) in [6, 6.07) is 2.08. The molecule has 14 heavy (non-hydrogen) atoms. The van der Waals surface area contributed by atoms with Gasteiger partial charge in [0, 0.05) is 24.6 Å². The molecule has 0 unspecified atom stereocenters. The molecule has 0 fully saturated rings. The van der Waals surface area contributed by atoms with Crippen molar-refractivity contribution in [1.29, 1.82) is 0 Å². The van der Waals surface area contributed by atoms with Gasteiger partial charge in [-0.05, 0) is 13.0 Å². The minimum absolute atomic E-state index is 0.0781. The Kier molecular flexibility index (Phi) is 3.00. The van der Waals surface area contributed by atoms with Gasteiger partial charge in [-0.2, -0.15) is 5.10 Å². The number of aliphatic hydroxyl groups excluding tert-OH is 1. The minimum Gasteiger partial charge on any atom is -0.393 e. The quantitative estimate of drug-likeness (QED) is 0.781. The van der Waals surface area contributed by atoms with Crippen LogP contribution in [0.5, 0.6) is 0 Å². The fourth-order valence-corrected chi connectivity index (χ4v) is 1.37. The third-order valence-electron chi connectivity index (χ3n) is 2.25. The maximum Gasteiger partial charge on any atom is 0.0680 e. The van der Waals surface area contributed by atoms with Crippen LogP contribution in [-0.2, 0) is 18.9 Å². The summed E-state index contributed by atoms with van der Waals surface area (Å²) in [5.41, 5.74) is 2.25. The molecule has 0 saturated heterocycles. The molecule has 0 spiro atoms. The first-order chi connectivity index (χ1) is 6.30. The molecule has 1 rings (SSSR count). The van der Waals surface area contributed by atoms with Gasteiger partial charge in [0.25, 0.3) is 0 Å². The maximum absolute atomic E-state index is 9.30. The molecule has 1 N–H and O–H groups in total. The lowest BCUT2D eigenvalue weighted by molar-refractivity contribution is 0.193. The molecule has 1 heterocycles. The van der Waals surface area contributed by atoms with E-state index in [1.165, 1.54) is 0 Å². The Morgan fingerprint density at radius 3 is 2.43 bits per heavy atom. The van der Waals surface area contributed by atoms with Gasteiger partial charge in [0.05, 0.1) is 11.8 Å². The highest BCUT2D eigenvalue weighted by Gasteiger charge is 2.19. The van der Waals surface area contributed by atoms with Crippen LogP contribution in [0.3, 0.4) is 0 Å². The topological polar surface area (TPSA) is 38.1 Å². The Morgan fingerprint density at radius 1 is 1.50 bits per heavy atom. The highest BCUT2D eigenvalue weighted by molar-refractivity contribution is 5.17. The summed E-state index contributed by atoms with van der Waals surface area (Å²) in [5, 5.41) is 13.7. The third kappa shape index (κ3) is 2.58. The molecule has 0 aromatic carbocycles. The summed E-state index contributed by atoms with van der Waals surface area (Å²) in [4.78, 5) is 0. The molecule has 0 aliphatic rings. The molecule has 3 heteroatoms. The second-order valence-electron chi connectivity index (χ2n) is 4.95. The molecular weight excluding hydrogens is 176 g/mol. The fourth-order valence-electron chi connectivity index (χ4n) is 1.37. The van der Waals surface area contributed by atoms with E-state index in [0.717, 1.165) is 11.4 Å². The fraction of sp³-hybridized carbons (Fsp3) is 0.727. The van der Waals surface area contributed by atoms with Crippen LogP contribution in [0.1, 0.15) is 39.1 Å². The van der Waals surface area contributed by atoms with Gasteiger partial charge in [-0.25, -0.2) is 0 Å². The molecular formula is C11H20N2O. The van der Waals surface area contributed by atoms with Gasteiger partial charge in [-0.3, -0.25) is 4.68 Å². The SMILES string of the molecule is C[C@@H](O)Cc1cc(C(C)(C)C)nn1C. The van der Waals surface area contributed by atoms with Gasteiger partial charge >= 0.3 is 0 Å². The zero-order valence-electron chi connectivity index (χ0n) is 9.70. The summed E-state index contributed by atoms with van der Waals surface area (Å²) in [6.07, 6.45) is 0.359. The largest absolute Gasteiger partial charge is 0.393 e. The van der Waals surface area contributed by atoms with Crippen molar-refractivity contribution < 1.29 is 5.11 Å². The second-order valence-corrected chi connectivity index (χ2v) is 4.95. The third-order valence-corrected chi connectivity index (χ3v) is 2.25. The van der Waals surface area contributed by atoms with Gasteiger partial charge in [0.15, 0.2) is 0 Å². The van der Waals surface area contributed by atoms with E-state index >= 15 is 0 Å². The van der Waals surface area contributed by atoms with Gasteiger partial charge < -0.3 is 5.11 Å². The number of nitrogens with zero attached hydrogens (tertiary/aromatic N) is 2. The lowest BCUT2D eigenvalue weighted by atomic mass is 9.92. The van der Waals surface area contributed by atoms with Crippen LogP contribution in [0, 0.1) is 0 Å². The highest BCUT2D eigenvalue weighted by atomic mass is 16.3. The summed E-state index contributed by atoms with van der Waals surface area (Å²) >= 11 is 0. The first-order valence-electron chi connectivity index (χ1n) is 5.02. The molecule has 0 bridgehead atoms. The van der Waals surface area contributed by atoms with E-state index in [-0.39, 0.29) is 11.5 Å². The minimum atomic E-state index is -0.307. The van der Waals surface area contributed by atoms with Crippen LogP contribution >= 0.6 is 0 Å². The molecule has 0 aliphatic carbocycles. The van der Waals surface area contributed by atoms with E-state index in [0.29, 0.717) is 6.42 Å². The van der Waals surface area contributed by atoms with Crippen molar-refractivity contribution in [1.82, 2.24) is 9.78 Å². The zero-order chi connectivity index (χ0) is 10.9. The molecule has 0 amide bonds. The van der Waals surface area contributed by atoms with Gasteiger partial charge in [0.2, 0.25) is 0 Å². The molecule has 0 aliphatic heterocycles. The van der Waals surface area contributed by atoms with Crippen molar-refractivity contribution in [2.75, 3.05) is 0 Å². The zero-order valence-corrected chi connectivity index (χ0v) is 9.70. The Morgan fingerprint density at radius 2 is 2.07 bits per heavy atom. The first kappa shape index (κ1) is 11.2. The Balaban J connectivity index is 2.94. The molecule has 0 radical (unpaired) electrons. The summed E-state index contributed by atoms with van der Waals surface area (Å²) < 4.78 is 1.85. The van der Waals surface area contributed by atoms with Crippen molar-refractivity contribution in [2.24, 2.45) is 7.05 Å². The standard InChI is InChI=1S/C11H20N2O/c1-8(14)6-9-7-10(11(2,3)4)12-13(9)5/h7-8,14H,6H2,1-5H3/t8-/m1/s1. The average molecular weight is 196 g/mol. The predicted octanol–water partition coefficient (Wildman–Crippen LogP) is 1.64. The number of aryl methyl sites for hydroxylation is 1. The van der Waals surface area contributed by atoms with E-state index in [4.69, 9.17) is 0 Å². The normalized spacial score (nSPS) is 14.4. The van der Waals surface area contributed by atoms with E-state index in [1.807, 2.05) is 11.7 Å². The van der Waals surface area contributed by atoms with Crippen molar-refractivity contribution in [2.45, 2.75) is 45.6 Å². The summed E-state index contributed by atoms with van der Waals surface area (Å²) in [7, 11) is 1.92. The van der Waals surface area contributed by atoms with Crippen molar-refractivity contribution in [3.8, 4) is 0 Å². The molecule has 1 atom stereocenters. The molecule has 80 valence electrons. The van der Waals surface area contributed by atoms with E-state index < -0.39 is 0 Å². The van der Waals surface area contributed by atoms with Crippen molar-refractivity contribution in [3.63, 3.8) is 0 Å². The van der Waals surface area contributed by atoms with Crippen LogP contribution in [0.4, 0.5) is 0 Å². The number of aromatic nitrogens is 2. The Bertz CT molecular complexity index is 308. The molecule has 1 aromatic rings. The van der Waals surface area contributed by atoms with Gasteiger partial charge in [0.1, 0.15) is 0 Å². The molecule has 3 nitrogen and oxygen atoms in total. The molecule has 0 saturated carbocycles. The van der Waals surface area contributed by atoms with Crippen LogP contribution in [0.15, 0.2) is 6.07 Å². The first-order valence-corrected chi connectivity index (χ1v) is 5.02. The molecule has 1 aromatic heterocycles. The summed E-state index contributed by atoms with van der Waals surface area (Å²) in [5.74, 6) is 0. The van der Waals surface area contributed by atoms with Gasteiger partial charge in [-0.15, -0.1) is 0 Å². The van der Waals surface area contributed by atoms with Crippen LogP contribution in [-0.4, -0.2) is 21.0 Å². The average Bonchev–Trinajstić information content (AvgIpc) is 2.30. The smallest absolute Gasteiger partial charge is 0.0680 e. The van der Waals surface area contributed by atoms with Crippen LogP contribution < -0.4 is 0 Å². The summed E-state index contributed by atoms with van der Waals surface area (Å²) in [6.45, 7) is 8.22. The maximum atomic E-state index is 9.30. The Labute approximate surface area is 85.8 Å². The number of hydrogen-bond donors (Lipinski definition) is 1. The Hall–Kier alpha value is -0.830. The second kappa shape index (κ2) is 3.73. The van der Waals surface area contributed by atoms with Crippen LogP contribution in [0.2, 0.25) is 0 Å². The van der Waals surface area contributed by atoms with Crippen LogP contribution in [0.25, 0.3) is 0 Å². The van der Waals surface area contributed by atoms with E-state index in [1.54, 1.807) is 6.92 Å². The number of rotatable bonds is 2. The van der Waals surface area contributed by atoms with E-state index in [2.05, 4.69) is 31.9 Å². The van der Waals surface area contributed by atoms with Gasteiger partial charge in [-0.1, -0.05) is 20.8 Å². The lowest BCUT2D eigenvalue weighted by Gasteiger charge is -2.13. The lowest BCUT2D eigenvalue weighted by Crippen LogP contribution is -2.12. The van der Waals surface area contributed by atoms with E-state index in [9.17, 15) is 5.11 Å². The van der Waals surface area contributed by atoms with Crippen molar-refractivity contribution >= 4 is 0 Å². The highest BCUT2D eigenvalue weighted by Crippen LogP contribution is 2.21. The number of hydrogen-bond acceptors (Lipinski definition) is 2. The monoisotopic (exact) mass is 196 g/mol. The predicted molar refractivity (Wildman–Crippen MR) is 57.3 cm³/mol.